The number of fused-ring (bicyclic) bond motifs is 1. The van der Waals surface area contributed by atoms with Gasteiger partial charge in [0, 0.05) is 42.7 Å². The minimum atomic E-state index is 0.106. The molecule has 0 bridgehead atoms. The van der Waals surface area contributed by atoms with Gasteiger partial charge >= 0.3 is 0 Å². The number of rotatable bonds is 3. The molecule has 1 amide bonds. The topological polar surface area (TPSA) is 67.2 Å². The van der Waals surface area contributed by atoms with E-state index in [2.05, 4.69) is 58.5 Å². The first-order chi connectivity index (χ1) is 14.5. The van der Waals surface area contributed by atoms with Crippen LogP contribution in [-0.2, 0) is 7.05 Å². The fourth-order valence-corrected chi connectivity index (χ4v) is 5.15. The summed E-state index contributed by atoms with van der Waals surface area (Å²) in [5, 5.41) is 12.1. The fraction of sp³-hybridized carbons (Fsp3) is 0.391. The third kappa shape index (κ3) is 3.19. The Morgan fingerprint density at radius 2 is 1.77 bits per heavy atom. The van der Waals surface area contributed by atoms with Gasteiger partial charge in [-0.25, -0.2) is 0 Å². The number of aryl methyl sites for hydroxylation is 2. The van der Waals surface area contributed by atoms with Gasteiger partial charge in [-0.3, -0.25) is 9.69 Å². The molecule has 3 atom stereocenters. The summed E-state index contributed by atoms with van der Waals surface area (Å²) in [5.41, 5.74) is 4.29. The van der Waals surface area contributed by atoms with Gasteiger partial charge in [-0.2, -0.15) is 4.80 Å². The summed E-state index contributed by atoms with van der Waals surface area (Å²) in [7, 11) is 3.95. The van der Waals surface area contributed by atoms with Gasteiger partial charge in [-0.1, -0.05) is 36.4 Å². The maximum Gasteiger partial charge on any atom is 0.253 e. The minimum absolute atomic E-state index is 0.106. The summed E-state index contributed by atoms with van der Waals surface area (Å²) in [6, 6.07) is 16.5. The quantitative estimate of drug-likeness (QED) is 0.674. The van der Waals surface area contributed by atoms with Gasteiger partial charge in [0.1, 0.15) is 0 Å². The van der Waals surface area contributed by atoms with Crippen LogP contribution < -0.4 is 0 Å². The third-order valence-corrected chi connectivity index (χ3v) is 6.59. The van der Waals surface area contributed by atoms with Crippen LogP contribution in [0.3, 0.4) is 0 Å². The summed E-state index contributed by atoms with van der Waals surface area (Å²) in [6.07, 6.45) is 0. The number of carbonyl (C=O) groups is 1. The SMILES string of the molecule is Cc1ccccc1[C@H]1[C@@H]2CN(C(=O)c3ccc(-c4nnn(C)n4)cc3)C[C@@H]2CN1C. The average molecular weight is 403 g/mol. The second kappa shape index (κ2) is 7.32. The van der Waals surface area contributed by atoms with Crippen LogP contribution in [0.15, 0.2) is 48.5 Å². The highest BCUT2D eigenvalue weighted by Crippen LogP contribution is 2.45. The molecule has 3 aromatic rings. The van der Waals surface area contributed by atoms with Gasteiger partial charge in [0.2, 0.25) is 5.82 Å². The Labute approximate surface area is 176 Å². The van der Waals surface area contributed by atoms with Crippen LogP contribution in [0.25, 0.3) is 11.4 Å². The van der Waals surface area contributed by atoms with Gasteiger partial charge in [0.05, 0.1) is 7.05 Å². The molecule has 0 aliphatic carbocycles. The molecule has 2 saturated heterocycles. The van der Waals surface area contributed by atoms with Crippen molar-refractivity contribution in [2.75, 3.05) is 26.7 Å². The number of likely N-dealkylation sites (tertiary alicyclic amines) is 2. The zero-order valence-corrected chi connectivity index (χ0v) is 17.6. The van der Waals surface area contributed by atoms with E-state index >= 15 is 0 Å². The molecule has 0 saturated carbocycles. The van der Waals surface area contributed by atoms with E-state index in [4.69, 9.17) is 0 Å². The van der Waals surface area contributed by atoms with Crippen molar-refractivity contribution in [2.24, 2.45) is 18.9 Å². The molecule has 154 valence electrons. The van der Waals surface area contributed by atoms with Crippen LogP contribution >= 0.6 is 0 Å². The highest BCUT2D eigenvalue weighted by Gasteiger charge is 2.47. The monoisotopic (exact) mass is 402 g/mol. The van der Waals surface area contributed by atoms with E-state index in [0.717, 1.165) is 25.2 Å². The van der Waals surface area contributed by atoms with Crippen molar-refractivity contribution < 1.29 is 4.79 Å². The second-order valence-electron chi connectivity index (χ2n) is 8.55. The van der Waals surface area contributed by atoms with Gasteiger partial charge < -0.3 is 4.90 Å². The molecule has 2 aromatic carbocycles. The Balaban J connectivity index is 1.33. The molecule has 2 aliphatic heterocycles. The first kappa shape index (κ1) is 18.9. The largest absolute Gasteiger partial charge is 0.338 e. The molecule has 0 radical (unpaired) electrons. The van der Waals surface area contributed by atoms with Crippen LogP contribution in [-0.4, -0.2) is 62.6 Å². The number of carbonyl (C=O) groups excluding carboxylic acids is 1. The van der Waals surface area contributed by atoms with E-state index in [1.54, 1.807) is 7.05 Å². The Morgan fingerprint density at radius 1 is 1.00 bits per heavy atom. The van der Waals surface area contributed by atoms with E-state index in [1.165, 1.54) is 15.9 Å². The fourth-order valence-electron chi connectivity index (χ4n) is 5.15. The highest BCUT2D eigenvalue weighted by molar-refractivity contribution is 5.94. The summed E-state index contributed by atoms with van der Waals surface area (Å²) < 4.78 is 0. The number of aromatic nitrogens is 4. The van der Waals surface area contributed by atoms with Crippen molar-refractivity contribution in [2.45, 2.75) is 13.0 Å². The first-order valence-corrected chi connectivity index (χ1v) is 10.4. The van der Waals surface area contributed by atoms with Gasteiger partial charge in [-0.05, 0) is 48.4 Å². The van der Waals surface area contributed by atoms with Crippen molar-refractivity contribution in [1.29, 1.82) is 0 Å². The van der Waals surface area contributed by atoms with Crippen LogP contribution in [0.1, 0.15) is 27.5 Å². The summed E-state index contributed by atoms with van der Waals surface area (Å²) in [5.74, 6) is 1.67. The van der Waals surface area contributed by atoms with E-state index in [9.17, 15) is 4.79 Å². The van der Waals surface area contributed by atoms with Crippen LogP contribution in [0.5, 0.6) is 0 Å². The molecule has 5 rings (SSSR count). The molecular formula is C23H26N6O. The van der Waals surface area contributed by atoms with Gasteiger partial charge in [0.15, 0.2) is 0 Å². The zero-order chi connectivity index (χ0) is 20.8. The predicted octanol–water partition coefficient (Wildman–Crippen LogP) is 2.56. The van der Waals surface area contributed by atoms with Crippen molar-refractivity contribution in [3.8, 4) is 11.4 Å². The summed E-state index contributed by atoms with van der Waals surface area (Å²) >= 11 is 0. The van der Waals surface area contributed by atoms with Crippen LogP contribution in [0, 0.1) is 18.8 Å². The summed E-state index contributed by atoms with van der Waals surface area (Å²) in [4.78, 5) is 19.1. The molecule has 2 aliphatic rings. The standard InChI is InChI=1S/C23H26N6O/c1-15-6-4-5-7-19(15)21-20-14-29(13-18(20)12-27(21)2)23(30)17-10-8-16(9-11-17)22-24-26-28(3)25-22/h4-11,18,20-21H,12-14H2,1-3H3/t18-,20+,21-/m0/s1. The Kier molecular flexibility index (Phi) is 4.62. The van der Waals surface area contributed by atoms with E-state index in [-0.39, 0.29) is 5.91 Å². The van der Waals surface area contributed by atoms with Crippen molar-refractivity contribution >= 4 is 5.91 Å². The Hall–Kier alpha value is -3.06. The average Bonchev–Trinajstić information content (AvgIpc) is 3.43. The van der Waals surface area contributed by atoms with Crippen molar-refractivity contribution in [3.63, 3.8) is 0 Å². The van der Waals surface area contributed by atoms with E-state index < -0.39 is 0 Å². The molecule has 30 heavy (non-hydrogen) atoms. The number of benzene rings is 2. The molecule has 3 heterocycles. The van der Waals surface area contributed by atoms with E-state index in [1.807, 2.05) is 29.2 Å². The molecule has 7 heteroatoms. The lowest BCUT2D eigenvalue weighted by atomic mass is 9.88. The maximum atomic E-state index is 13.2. The normalized spacial score (nSPS) is 23.7. The van der Waals surface area contributed by atoms with E-state index in [0.29, 0.717) is 29.3 Å². The number of tetrazole rings is 1. The molecule has 0 unspecified atom stereocenters. The molecule has 1 aromatic heterocycles. The minimum Gasteiger partial charge on any atom is -0.338 e. The molecule has 7 nitrogen and oxygen atoms in total. The molecule has 2 fully saturated rings. The lowest BCUT2D eigenvalue weighted by Gasteiger charge is -2.28. The zero-order valence-electron chi connectivity index (χ0n) is 17.6. The lowest BCUT2D eigenvalue weighted by molar-refractivity contribution is 0.0768. The first-order valence-electron chi connectivity index (χ1n) is 10.4. The lowest BCUT2D eigenvalue weighted by Crippen LogP contribution is -2.33. The number of hydrogen-bond donors (Lipinski definition) is 0. The maximum absolute atomic E-state index is 13.2. The predicted molar refractivity (Wildman–Crippen MR) is 114 cm³/mol. The Bertz CT molecular complexity index is 1080. The summed E-state index contributed by atoms with van der Waals surface area (Å²) in [6.45, 7) is 4.84. The number of nitrogens with zero attached hydrogens (tertiary/aromatic N) is 6. The smallest absolute Gasteiger partial charge is 0.253 e. The number of hydrogen-bond acceptors (Lipinski definition) is 5. The molecule has 0 N–H and O–H groups in total. The molecule has 0 spiro atoms. The number of amides is 1. The van der Waals surface area contributed by atoms with Crippen molar-refractivity contribution in [1.82, 2.24) is 30.0 Å². The van der Waals surface area contributed by atoms with Crippen molar-refractivity contribution in [3.05, 3.63) is 65.2 Å². The second-order valence-corrected chi connectivity index (χ2v) is 8.55. The highest BCUT2D eigenvalue weighted by atomic mass is 16.2. The van der Waals surface area contributed by atoms with Gasteiger partial charge in [0.25, 0.3) is 5.91 Å². The van der Waals surface area contributed by atoms with Crippen LogP contribution in [0.2, 0.25) is 0 Å². The van der Waals surface area contributed by atoms with Gasteiger partial charge in [-0.15, -0.1) is 10.2 Å². The third-order valence-electron chi connectivity index (χ3n) is 6.59. The Morgan fingerprint density at radius 3 is 2.47 bits per heavy atom. The van der Waals surface area contributed by atoms with Crippen LogP contribution in [0.4, 0.5) is 0 Å². The molecular weight excluding hydrogens is 376 g/mol.